The molecule has 0 spiro atoms. The molecule has 0 saturated heterocycles. The molecule has 0 N–H and O–H groups in total. The molecular formula is C23H18F2O4. The molecule has 148 valence electrons. The van der Waals surface area contributed by atoms with Crippen molar-refractivity contribution in [1.29, 1.82) is 0 Å². The number of ether oxygens (including phenoxy) is 3. The summed E-state index contributed by atoms with van der Waals surface area (Å²) in [5, 5.41) is 0. The van der Waals surface area contributed by atoms with Gasteiger partial charge in [-0.15, -0.1) is 0 Å². The molecule has 3 aromatic carbocycles. The average Bonchev–Trinajstić information content (AvgIpc) is 2.74. The van der Waals surface area contributed by atoms with Crippen LogP contribution in [0.4, 0.5) is 8.78 Å². The van der Waals surface area contributed by atoms with E-state index in [1.54, 1.807) is 0 Å². The van der Waals surface area contributed by atoms with Crippen LogP contribution in [0.25, 0.3) is 0 Å². The van der Waals surface area contributed by atoms with E-state index in [9.17, 15) is 13.6 Å². The van der Waals surface area contributed by atoms with Crippen LogP contribution in [-0.2, 0) is 33.9 Å². The predicted molar refractivity (Wildman–Crippen MR) is 101 cm³/mol. The molecule has 1 aliphatic rings. The number of hydrogen-bond acceptors (Lipinski definition) is 4. The summed E-state index contributed by atoms with van der Waals surface area (Å²) in [7, 11) is 0. The summed E-state index contributed by atoms with van der Waals surface area (Å²) in [6.07, 6.45) is -0.628. The average molecular weight is 396 g/mol. The fourth-order valence-corrected chi connectivity index (χ4v) is 3.14. The van der Waals surface area contributed by atoms with E-state index in [-0.39, 0.29) is 25.5 Å². The van der Waals surface area contributed by atoms with Crippen molar-refractivity contribution in [2.75, 3.05) is 0 Å². The van der Waals surface area contributed by atoms with Crippen molar-refractivity contribution in [3.63, 3.8) is 0 Å². The van der Waals surface area contributed by atoms with Gasteiger partial charge >= 0.3 is 5.97 Å². The molecule has 6 heteroatoms. The van der Waals surface area contributed by atoms with Gasteiger partial charge in [0.2, 0.25) is 6.29 Å². The maximum atomic E-state index is 14.0. The van der Waals surface area contributed by atoms with Crippen molar-refractivity contribution < 1.29 is 27.8 Å². The number of carbonyl (C=O) groups is 1. The lowest BCUT2D eigenvalue weighted by atomic mass is 10.1. The number of benzene rings is 3. The molecule has 0 fully saturated rings. The Morgan fingerprint density at radius 1 is 1.00 bits per heavy atom. The van der Waals surface area contributed by atoms with E-state index >= 15 is 0 Å². The third-order valence-corrected chi connectivity index (χ3v) is 4.54. The predicted octanol–water partition coefficient (Wildman–Crippen LogP) is 4.86. The van der Waals surface area contributed by atoms with Crippen LogP contribution in [0.15, 0.2) is 66.7 Å². The summed E-state index contributed by atoms with van der Waals surface area (Å²) >= 11 is 0. The zero-order valence-electron chi connectivity index (χ0n) is 15.4. The molecule has 3 aromatic rings. The molecule has 29 heavy (non-hydrogen) atoms. The highest BCUT2D eigenvalue weighted by molar-refractivity contribution is 5.72. The van der Waals surface area contributed by atoms with Crippen molar-refractivity contribution in [3.8, 4) is 5.75 Å². The van der Waals surface area contributed by atoms with Crippen LogP contribution in [0.3, 0.4) is 0 Å². The second-order valence-corrected chi connectivity index (χ2v) is 6.69. The van der Waals surface area contributed by atoms with Crippen LogP contribution in [0.2, 0.25) is 0 Å². The minimum atomic E-state index is -0.622. The molecule has 1 aliphatic heterocycles. The highest BCUT2D eigenvalue weighted by atomic mass is 19.1. The molecular weight excluding hydrogens is 378 g/mol. The van der Waals surface area contributed by atoms with Gasteiger partial charge in [-0.1, -0.05) is 42.5 Å². The first-order valence-corrected chi connectivity index (χ1v) is 9.13. The Balaban J connectivity index is 1.47. The lowest BCUT2D eigenvalue weighted by Crippen LogP contribution is -2.20. The van der Waals surface area contributed by atoms with Gasteiger partial charge < -0.3 is 14.2 Å². The van der Waals surface area contributed by atoms with Crippen LogP contribution < -0.4 is 4.74 Å². The second-order valence-electron chi connectivity index (χ2n) is 6.69. The third kappa shape index (κ3) is 4.60. The van der Waals surface area contributed by atoms with Gasteiger partial charge in [0.1, 0.15) is 24.0 Å². The number of hydrogen-bond donors (Lipinski definition) is 0. The topological polar surface area (TPSA) is 44.8 Å². The Labute approximate surface area is 166 Å². The van der Waals surface area contributed by atoms with Crippen molar-refractivity contribution >= 4 is 5.97 Å². The fraction of sp³-hybridized carbons (Fsp3) is 0.174. The van der Waals surface area contributed by atoms with Gasteiger partial charge in [-0.2, -0.15) is 0 Å². The summed E-state index contributed by atoms with van der Waals surface area (Å²) in [5.41, 5.74) is 2.45. The minimum absolute atomic E-state index is 0.00556. The first kappa shape index (κ1) is 19.1. The van der Waals surface area contributed by atoms with E-state index in [0.717, 1.165) is 5.56 Å². The zero-order chi connectivity index (χ0) is 20.2. The van der Waals surface area contributed by atoms with E-state index < -0.39 is 18.1 Å². The number of fused-ring (bicyclic) bond motifs is 1. The van der Waals surface area contributed by atoms with Gasteiger partial charge in [-0.05, 0) is 29.8 Å². The Kier molecular flexibility index (Phi) is 5.53. The molecule has 0 saturated carbocycles. The Morgan fingerprint density at radius 3 is 2.52 bits per heavy atom. The third-order valence-electron chi connectivity index (χ3n) is 4.54. The normalized spacial score (nSPS) is 15.3. The molecule has 4 rings (SSSR count). The van der Waals surface area contributed by atoms with Crippen LogP contribution in [0.1, 0.15) is 28.5 Å². The molecule has 1 atom stereocenters. The SMILES string of the molecule is O=C(Cc1ccc(F)cc1)OCc1cc(F)cc2c1OC(c1ccccc1)OC2. The van der Waals surface area contributed by atoms with Crippen LogP contribution in [0, 0.1) is 11.6 Å². The maximum Gasteiger partial charge on any atom is 0.310 e. The fourth-order valence-electron chi connectivity index (χ4n) is 3.14. The maximum absolute atomic E-state index is 14.0. The van der Waals surface area contributed by atoms with E-state index in [2.05, 4.69) is 0 Å². The monoisotopic (exact) mass is 396 g/mol. The highest BCUT2D eigenvalue weighted by Gasteiger charge is 2.25. The second kappa shape index (κ2) is 8.41. The number of halogens is 2. The summed E-state index contributed by atoms with van der Waals surface area (Å²) < 4.78 is 43.9. The number of esters is 1. The van der Waals surface area contributed by atoms with Gasteiger partial charge in [-0.25, -0.2) is 8.78 Å². The van der Waals surface area contributed by atoms with E-state index in [1.165, 1.54) is 36.4 Å². The molecule has 0 amide bonds. The Hall–Kier alpha value is -3.25. The van der Waals surface area contributed by atoms with E-state index in [1.807, 2.05) is 30.3 Å². The first-order chi connectivity index (χ1) is 14.1. The first-order valence-electron chi connectivity index (χ1n) is 9.13. The van der Waals surface area contributed by atoms with Crippen LogP contribution in [0.5, 0.6) is 5.75 Å². The van der Waals surface area contributed by atoms with Crippen molar-refractivity contribution in [1.82, 2.24) is 0 Å². The quantitative estimate of drug-likeness (QED) is 0.578. The molecule has 0 aliphatic carbocycles. The molecule has 0 aromatic heterocycles. The van der Waals surface area contributed by atoms with Crippen molar-refractivity contribution in [2.45, 2.75) is 25.9 Å². The summed E-state index contributed by atoms with van der Waals surface area (Å²) in [6, 6.07) is 17.6. The number of rotatable bonds is 5. The molecule has 0 bridgehead atoms. The molecule has 1 unspecified atom stereocenters. The molecule has 1 heterocycles. The standard InChI is InChI=1S/C23H18F2O4/c24-19-8-6-15(7-9-19)10-21(26)27-13-17-11-20(25)12-18-14-28-23(29-22(17)18)16-4-2-1-3-5-16/h1-9,11-12,23H,10,13-14H2. The van der Waals surface area contributed by atoms with Crippen molar-refractivity contribution in [3.05, 3.63) is 101 Å². The zero-order valence-corrected chi connectivity index (χ0v) is 15.4. The summed E-state index contributed by atoms with van der Waals surface area (Å²) in [4.78, 5) is 12.1. The molecule has 4 nitrogen and oxygen atoms in total. The van der Waals surface area contributed by atoms with Gasteiger partial charge in [0.15, 0.2) is 0 Å². The van der Waals surface area contributed by atoms with Gasteiger partial charge in [0.25, 0.3) is 0 Å². The van der Waals surface area contributed by atoms with Crippen molar-refractivity contribution in [2.24, 2.45) is 0 Å². The largest absolute Gasteiger partial charge is 0.460 e. The summed E-state index contributed by atoms with van der Waals surface area (Å²) in [5.74, 6) is -0.873. The van der Waals surface area contributed by atoms with Gasteiger partial charge in [0.05, 0.1) is 13.0 Å². The van der Waals surface area contributed by atoms with Crippen LogP contribution >= 0.6 is 0 Å². The van der Waals surface area contributed by atoms with E-state index in [4.69, 9.17) is 14.2 Å². The summed E-state index contributed by atoms with van der Waals surface area (Å²) in [6.45, 7) is 0.0464. The Bertz CT molecular complexity index is 1000. The highest BCUT2D eigenvalue weighted by Crippen LogP contribution is 2.36. The van der Waals surface area contributed by atoms with Crippen LogP contribution in [-0.4, -0.2) is 5.97 Å². The Morgan fingerprint density at radius 2 is 1.76 bits per heavy atom. The lowest BCUT2D eigenvalue weighted by molar-refractivity contribution is -0.144. The van der Waals surface area contributed by atoms with E-state index in [0.29, 0.717) is 22.4 Å². The van der Waals surface area contributed by atoms with Gasteiger partial charge in [0, 0.05) is 16.7 Å². The minimum Gasteiger partial charge on any atom is -0.460 e. The van der Waals surface area contributed by atoms with Gasteiger partial charge in [-0.3, -0.25) is 4.79 Å². The smallest absolute Gasteiger partial charge is 0.310 e. The molecule has 0 radical (unpaired) electrons. The number of carbonyl (C=O) groups excluding carboxylic acids is 1. The lowest BCUT2D eigenvalue weighted by Gasteiger charge is -2.28.